The van der Waals surface area contributed by atoms with Crippen molar-refractivity contribution in [3.63, 3.8) is 0 Å². The Hall–Kier alpha value is -0.760. The van der Waals surface area contributed by atoms with Crippen molar-refractivity contribution in [2.45, 2.75) is 25.7 Å². The predicted molar refractivity (Wildman–Crippen MR) is 64.3 cm³/mol. The molecule has 14 heavy (non-hydrogen) atoms. The molecule has 1 N–H and O–H groups in total. The van der Waals surface area contributed by atoms with Gasteiger partial charge >= 0.3 is 0 Å². The zero-order valence-corrected chi connectivity index (χ0v) is 9.68. The zero-order valence-electron chi connectivity index (χ0n) is 8.09. The quantitative estimate of drug-likeness (QED) is 0.826. The van der Waals surface area contributed by atoms with E-state index in [0.717, 1.165) is 4.47 Å². The third-order valence-electron chi connectivity index (χ3n) is 2.46. The second-order valence-corrected chi connectivity index (χ2v) is 4.43. The fourth-order valence-electron chi connectivity index (χ4n) is 1.69. The third-order valence-corrected chi connectivity index (χ3v) is 3.15. The molecule has 0 radical (unpaired) electrons. The average molecular weight is 252 g/mol. The van der Waals surface area contributed by atoms with Gasteiger partial charge in [-0.15, -0.1) is 0 Å². The lowest BCUT2D eigenvalue weighted by molar-refractivity contribution is 0.704. The molecule has 1 aliphatic rings. The lowest BCUT2D eigenvalue weighted by atomic mass is 10.0. The number of rotatable bonds is 2. The molecule has 1 aliphatic carbocycles. The smallest absolute Gasteiger partial charge is 0.0526 e. The Morgan fingerprint density at radius 1 is 1.14 bits per heavy atom. The molecule has 0 spiro atoms. The molecule has 0 saturated carbocycles. The fourth-order valence-corrected chi connectivity index (χ4v) is 2.07. The minimum absolute atomic E-state index is 1.13. The summed E-state index contributed by atoms with van der Waals surface area (Å²) in [6, 6.07) is 8.24. The molecule has 1 aromatic carbocycles. The van der Waals surface area contributed by atoms with Crippen molar-refractivity contribution in [3.8, 4) is 0 Å². The molecule has 0 aliphatic heterocycles. The normalized spacial score (nSPS) is 16.2. The molecule has 0 atom stereocenters. The fraction of sp³-hybridized carbons (Fsp3) is 0.333. The second kappa shape index (κ2) is 4.65. The number of anilines is 1. The van der Waals surface area contributed by atoms with Crippen LogP contribution in [0.15, 0.2) is 40.5 Å². The van der Waals surface area contributed by atoms with Crippen molar-refractivity contribution in [3.05, 3.63) is 40.5 Å². The Morgan fingerprint density at radius 3 is 2.71 bits per heavy atom. The summed E-state index contributed by atoms with van der Waals surface area (Å²) in [5, 5.41) is 3.46. The van der Waals surface area contributed by atoms with Gasteiger partial charge in [-0.05, 0) is 53.7 Å². The first kappa shape index (κ1) is 9.78. The number of halogens is 1. The topological polar surface area (TPSA) is 12.0 Å². The molecule has 0 heterocycles. The van der Waals surface area contributed by atoms with Gasteiger partial charge in [0.15, 0.2) is 0 Å². The summed E-state index contributed by atoms with van der Waals surface area (Å²) in [5.74, 6) is 0. The maximum absolute atomic E-state index is 3.53. The molecule has 1 nitrogen and oxygen atoms in total. The number of hydrogen-bond acceptors (Lipinski definition) is 1. The minimum atomic E-state index is 1.13. The van der Waals surface area contributed by atoms with Crippen LogP contribution < -0.4 is 5.32 Å². The van der Waals surface area contributed by atoms with Crippen molar-refractivity contribution < 1.29 is 0 Å². The first-order valence-electron chi connectivity index (χ1n) is 5.07. The molecular formula is C12H14BrN. The Morgan fingerprint density at radius 2 is 2.00 bits per heavy atom. The first-order valence-corrected chi connectivity index (χ1v) is 5.86. The molecule has 0 fully saturated rings. The summed E-state index contributed by atoms with van der Waals surface area (Å²) in [5.41, 5.74) is 2.53. The molecule has 0 saturated heterocycles. The van der Waals surface area contributed by atoms with Gasteiger partial charge in [-0.1, -0.05) is 18.2 Å². The number of benzene rings is 1. The molecule has 0 amide bonds. The van der Waals surface area contributed by atoms with Gasteiger partial charge in [-0.3, -0.25) is 0 Å². The molecule has 0 bridgehead atoms. The number of hydrogen-bond donors (Lipinski definition) is 1. The van der Waals surface area contributed by atoms with E-state index in [1.165, 1.54) is 37.1 Å². The van der Waals surface area contributed by atoms with Crippen LogP contribution in [0.25, 0.3) is 0 Å². The van der Waals surface area contributed by atoms with Crippen molar-refractivity contribution in [1.82, 2.24) is 0 Å². The molecule has 1 aromatic rings. The SMILES string of the molecule is Brc1ccccc1NC1=CCCCC1. The summed E-state index contributed by atoms with van der Waals surface area (Å²) in [6.45, 7) is 0. The maximum Gasteiger partial charge on any atom is 0.0526 e. The van der Waals surface area contributed by atoms with Crippen molar-refractivity contribution in [2.75, 3.05) is 5.32 Å². The van der Waals surface area contributed by atoms with Gasteiger partial charge in [0.1, 0.15) is 0 Å². The Labute approximate surface area is 93.3 Å². The van der Waals surface area contributed by atoms with E-state index in [2.05, 4.69) is 45.5 Å². The molecule has 74 valence electrons. The van der Waals surface area contributed by atoms with Crippen LogP contribution in [0, 0.1) is 0 Å². The summed E-state index contributed by atoms with van der Waals surface area (Å²) < 4.78 is 1.13. The molecule has 0 aromatic heterocycles. The van der Waals surface area contributed by atoms with E-state index < -0.39 is 0 Å². The van der Waals surface area contributed by atoms with E-state index in [1.807, 2.05) is 6.07 Å². The Bertz CT molecular complexity index is 344. The average Bonchev–Trinajstić information content (AvgIpc) is 2.23. The highest BCUT2D eigenvalue weighted by molar-refractivity contribution is 9.10. The van der Waals surface area contributed by atoms with Gasteiger partial charge in [0.05, 0.1) is 5.69 Å². The van der Waals surface area contributed by atoms with E-state index in [1.54, 1.807) is 0 Å². The summed E-state index contributed by atoms with van der Waals surface area (Å²) >= 11 is 3.53. The van der Waals surface area contributed by atoms with Crippen molar-refractivity contribution in [2.24, 2.45) is 0 Å². The van der Waals surface area contributed by atoms with E-state index in [-0.39, 0.29) is 0 Å². The van der Waals surface area contributed by atoms with E-state index in [9.17, 15) is 0 Å². The Kier molecular flexibility index (Phi) is 3.25. The van der Waals surface area contributed by atoms with Crippen LogP contribution >= 0.6 is 15.9 Å². The lowest BCUT2D eigenvalue weighted by Gasteiger charge is -2.15. The van der Waals surface area contributed by atoms with Crippen LogP contribution in [0.2, 0.25) is 0 Å². The predicted octanol–water partition coefficient (Wildman–Crippen LogP) is 4.32. The second-order valence-electron chi connectivity index (χ2n) is 3.58. The van der Waals surface area contributed by atoms with Gasteiger partial charge in [-0.2, -0.15) is 0 Å². The van der Waals surface area contributed by atoms with Crippen molar-refractivity contribution in [1.29, 1.82) is 0 Å². The lowest BCUT2D eigenvalue weighted by Crippen LogP contribution is -2.03. The van der Waals surface area contributed by atoms with Gasteiger partial charge in [0.2, 0.25) is 0 Å². The minimum Gasteiger partial charge on any atom is -0.358 e. The molecule has 2 heteroatoms. The van der Waals surface area contributed by atoms with Gasteiger partial charge < -0.3 is 5.32 Å². The Balaban J connectivity index is 2.10. The largest absolute Gasteiger partial charge is 0.358 e. The van der Waals surface area contributed by atoms with Gasteiger partial charge in [0.25, 0.3) is 0 Å². The van der Waals surface area contributed by atoms with Crippen LogP contribution in [0.5, 0.6) is 0 Å². The highest BCUT2D eigenvalue weighted by Crippen LogP contribution is 2.25. The van der Waals surface area contributed by atoms with E-state index in [4.69, 9.17) is 0 Å². The monoisotopic (exact) mass is 251 g/mol. The summed E-state index contributed by atoms with van der Waals surface area (Å²) in [7, 11) is 0. The highest BCUT2D eigenvalue weighted by Gasteiger charge is 2.04. The van der Waals surface area contributed by atoms with Crippen LogP contribution in [-0.2, 0) is 0 Å². The van der Waals surface area contributed by atoms with E-state index >= 15 is 0 Å². The van der Waals surface area contributed by atoms with Crippen LogP contribution in [0.4, 0.5) is 5.69 Å². The number of para-hydroxylation sites is 1. The number of allylic oxidation sites excluding steroid dienone is 2. The maximum atomic E-state index is 3.53. The van der Waals surface area contributed by atoms with Crippen LogP contribution in [0.3, 0.4) is 0 Å². The summed E-state index contributed by atoms with van der Waals surface area (Å²) in [6.07, 6.45) is 7.35. The van der Waals surface area contributed by atoms with Crippen LogP contribution in [-0.4, -0.2) is 0 Å². The molecule has 2 rings (SSSR count). The molecular weight excluding hydrogens is 238 g/mol. The van der Waals surface area contributed by atoms with E-state index in [0.29, 0.717) is 0 Å². The van der Waals surface area contributed by atoms with Crippen LogP contribution in [0.1, 0.15) is 25.7 Å². The number of nitrogens with one attached hydrogen (secondary N) is 1. The van der Waals surface area contributed by atoms with Gasteiger partial charge in [0, 0.05) is 10.2 Å². The van der Waals surface area contributed by atoms with Crippen molar-refractivity contribution >= 4 is 21.6 Å². The zero-order chi connectivity index (χ0) is 9.80. The highest BCUT2D eigenvalue weighted by atomic mass is 79.9. The van der Waals surface area contributed by atoms with Gasteiger partial charge in [-0.25, -0.2) is 0 Å². The molecule has 0 unspecified atom stereocenters. The third kappa shape index (κ3) is 2.38. The summed E-state index contributed by atoms with van der Waals surface area (Å²) in [4.78, 5) is 0. The standard InChI is InChI=1S/C12H14BrN/c13-11-8-4-5-9-12(11)14-10-6-2-1-3-7-10/h4-6,8-9,14H,1-3,7H2. The first-order chi connectivity index (χ1) is 6.86.